The number of rotatable bonds is 3. The Morgan fingerprint density at radius 1 is 1.39 bits per heavy atom. The van der Waals surface area contributed by atoms with Crippen molar-refractivity contribution in [1.29, 1.82) is 0 Å². The van der Waals surface area contributed by atoms with Gasteiger partial charge in [-0.15, -0.1) is 0 Å². The van der Waals surface area contributed by atoms with Crippen molar-refractivity contribution < 1.29 is 4.74 Å². The Morgan fingerprint density at radius 2 is 2.28 bits per heavy atom. The van der Waals surface area contributed by atoms with Gasteiger partial charge in [-0.1, -0.05) is 25.1 Å². The Morgan fingerprint density at radius 3 is 3.06 bits per heavy atom. The summed E-state index contributed by atoms with van der Waals surface area (Å²) < 4.78 is 5.76. The molecule has 0 saturated carbocycles. The third-order valence-corrected chi connectivity index (χ3v) is 4.73. The van der Waals surface area contributed by atoms with E-state index in [1.807, 2.05) is 0 Å². The van der Waals surface area contributed by atoms with Crippen molar-refractivity contribution >= 4 is 0 Å². The monoisotopic (exact) mass is 245 g/mol. The van der Waals surface area contributed by atoms with E-state index < -0.39 is 0 Å². The highest BCUT2D eigenvalue weighted by atomic mass is 16.5. The minimum absolute atomic E-state index is 0.384. The molecule has 0 spiro atoms. The number of nitrogens with one attached hydrogen (secondary N) is 1. The molecule has 2 atom stereocenters. The molecule has 1 aromatic carbocycles. The molecule has 3 rings (SSSR count). The van der Waals surface area contributed by atoms with E-state index in [1.54, 1.807) is 0 Å². The standard InChI is InChI=1S/C16H23NO/c1-2-16(9-5-10-17-16)12-13-8-11-18-15-7-4-3-6-14(13)15/h3-4,6-7,13,17H,2,5,8-12H2,1H3. The molecule has 2 heterocycles. The van der Waals surface area contributed by atoms with Crippen LogP contribution in [0.5, 0.6) is 5.75 Å². The summed E-state index contributed by atoms with van der Waals surface area (Å²) in [5.74, 6) is 1.78. The molecule has 1 fully saturated rings. The zero-order valence-electron chi connectivity index (χ0n) is 11.2. The van der Waals surface area contributed by atoms with Crippen LogP contribution in [0.4, 0.5) is 0 Å². The molecule has 0 aliphatic carbocycles. The molecule has 2 aliphatic heterocycles. The highest BCUT2D eigenvalue weighted by molar-refractivity contribution is 5.38. The molecule has 2 aliphatic rings. The second kappa shape index (κ2) is 4.93. The third kappa shape index (κ3) is 2.14. The largest absolute Gasteiger partial charge is 0.493 e. The first kappa shape index (κ1) is 12.0. The van der Waals surface area contributed by atoms with Crippen LogP contribution in [-0.2, 0) is 0 Å². The lowest BCUT2D eigenvalue weighted by molar-refractivity contribution is 0.230. The summed E-state index contributed by atoms with van der Waals surface area (Å²) in [5, 5.41) is 3.76. The smallest absolute Gasteiger partial charge is 0.122 e. The summed E-state index contributed by atoms with van der Waals surface area (Å²) in [6.07, 6.45) is 6.35. The van der Waals surface area contributed by atoms with Crippen molar-refractivity contribution in [3.05, 3.63) is 29.8 Å². The molecule has 0 amide bonds. The van der Waals surface area contributed by atoms with Gasteiger partial charge in [-0.3, -0.25) is 0 Å². The van der Waals surface area contributed by atoms with Crippen LogP contribution in [0.25, 0.3) is 0 Å². The summed E-state index contributed by atoms with van der Waals surface area (Å²) in [6, 6.07) is 8.57. The molecular weight excluding hydrogens is 222 g/mol. The summed E-state index contributed by atoms with van der Waals surface area (Å²) in [7, 11) is 0. The van der Waals surface area contributed by atoms with Gasteiger partial charge in [0, 0.05) is 5.54 Å². The first-order valence-electron chi connectivity index (χ1n) is 7.30. The van der Waals surface area contributed by atoms with Crippen molar-refractivity contribution in [3.8, 4) is 5.75 Å². The maximum atomic E-state index is 5.76. The number of hydrogen-bond donors (Lipinski definition) is 1. The zero-order valence-corrected chi connectivity index (χ0v) is 11.2. The number of benzene rings is 1. The first-order valence-corrected chi connectivity index (χ1v) is 7.30. The van der Waals surface area contributed by atoms with Crippen molar-refractivity contribution in [2.45, 2.75) is 50.5 Å². The summed E-state index contributed by atoms with van der Waals surface area (Å²) in [6.45, 7) is 4.39. The SMILES string of the molecule is CCC1(CC2CCOc3ccccc32)CCCN1. The van der Waals surface area contributed by atoms with Gasteiger partial charge in [-0.2, -0.15) is 0 Å². The zero-order chi connectivity index (χ0) is 12.4. The molecule has 98 valence electrons. The van der Waals surface area contributed by atoms with Gasteiger partial charge < -0.3 is 10.1 Å². The Bertz CT molecular complexity index is 409. The van der Waals surface area contributed by atoms with E-state index >= 15 is 0 Å². The van der Waals surface area contributed by atoms with Crippen LogP contribution in [0.2, 0.25) is 0 Å². The van der Waals surface area contributed by atoms with Gasteiger partial charge in [0.1, 0.15) is 5.75 Å². The Labute approximate surface area is 110 Å². The molecule has 1 N–H and O–H groups in total. The Balaban J connectivity index is 1.81. The number of hydrogen-bond acceptors (Lipinski definition) is 2. The highest BCUT2D eigenvalue weighted by Gasteiger charge is 2.35. The van der Waals surface area contributed by atoms with Gasteiger partial charge in [0.15, 0.2) is 0 Å². The lowest BCUT2D eigenvalue weighted by atomic mass is 9.79. The summed E-state index contributed by atoms with van der Waals surface area (Å²) in [4.78, 5) is 0. The van der Waals surface area contributed by atoms with E-state index in [0.29, 0.717) is 11.5 Å². The minimum atomic E-state index is 0.384. The summed E-state index contributed by atoms with van der Waals surface area (Å²) in [5.41, 5.74) is 1.81. The average Bonchev–Trinajstić information content (AvgIpc) is 2.88. The third-order valence-electron chi connectivity index (χ3n) is 4.73. The molecule has 0 bridgehead atoms. The van der Waals surface area contributed by atoms with Crippen molar-refractivity contribution in [1.82, 2.24) is 5.32 Å². The van der Waals surface area contributed by atoms with E-state index in [0.717, 1.165) is 12.4 Å². The van der Waals surface area contributed by atoms with E-state index in [9.17, 15) is 0 Å². The first-order chi connectivity index (χ1) is 8.83. The molecule has 2 unspecified atom stereocenters. The van der Waals surface area contributed by atoms with Crippen LogP contribution >= 0.6 is 0 Å². The van der Waals surface area contributed by atoms with Gasteiger partial charge in [-0.25, -0.2) is 0 Å². The van der Waals surface area contributed by atoms with E-state index in [1.165, 1.54) is 44.2 Å². The van der Waals surface area contributed by atoms with Crippen LogP contribution in [-0.4, -0.2) is 18.7 Å². The fourth-order valence-corrected chi connectivity index (χ4v) is 3.59. The van der Waals surface area contributed by atoms with Crippen LogP contribution in [0.1, 0.15) is 50.5 Å². The normalized spacial score (nSPS) is 30.8. The quantitative estimate of drug-likeness (QED) is 0.880. The van der Waals surface area contributed by atoms with Crippen LogP contribution in [0, 0.1) is 0 Å². The second-order valence-corrected chi connectivity index (χ2v) is 5.74. The van der Waals surface area contributed by atoms with Gasteiger partial charge in [-0.05, 0) is 56.2 Å². The van der Waals surface area contributed by atoms with Crippen LogP contribution in [0.15, 0.2) is 24.3 Å². The molecular formula is C16H23NO. The number of fused-ring (bicyclic) bond motifs is 1. The van der Waals surface area contributed by atoms with Crippen LogP contribution in [0.3, 0.4) is 0 Å². The predicted octanol–water partition coefficient (Wildman–Crippen LogP) is 3.48. The van der Waals surface area contributed by atoms with E-state index in [4.69, 9.17) is 4.74 Å². The van der Waals surface area contributed by atoms with Crippen molar-refractivity contribution in [2.24, 2.45) is 0 Å². The van der Waals surface area contributed by atoms with Gasteiger partial charge in [0.2, 0.25) is 0 Å². The second-order valence-electron chi connectivity index (χ2n) is 5.74. The van der Waals surface area contributed by atoms with Gasteiger partial charge in [0.25, 0.3) is 0 Å². The van der Waals surface area contributed by atoms with Crippen molar-refractivity contribution in [3.63, 3.8) is 0 Å². The molecule has 2 nitrogen and oxygen atoms in total. The Kier molecular flexibility index (Phi) is 3.29. The van der Waals surface area contributed by atoms with Crippen molar-refractivity contribution in [2.75, 3.05) is 13.2 Å². The molecule has 0 aromatic heterocycles. The Hall–Kier alpha value is -1.02. The number of para-hydroxylation sites is 1. The molecule has 1 saturated heterocycles. The van der Waals surface area contributed by atoms with E-state index in [2.05, 4.69) is 36.5 Å². The fourth-order valence-electron chi connectivity index (χ4n) is 3.59. The fraction of sp³-hybridized carbons (Fsp3) is 0.625. The molecule has 18 heavy (non-hydrogen) atoms. The topological polar surface area (TPSA) is 21.3 Å². The molecule has 0 radical (unpaired) electrons. The predicted molar refractivity (Wildman–Crippen MR) is 74.2 cm³/mol. The molecule has 2 heteroatoms. The van der Waals surface area contributed by atoms with E-state index in [-0.39, 0.29) is 0 Å². The average molecular weight is 245 g/mol. The summed E-state index contributed by atoms with van der Waals surface area (Å²) >= 11 is 0. The van der Waals surface area contributed by atoms with Gasteiger partial charge in [0.05, 0.1) is 6.61 Å². The van der Waals surface area contributed by atoms with Gasteiger partial charge >= 0.3 is 0 Å². The van der Waals surface area contributed by atoms with Crippen LogP contribution < -0.4 is 10.1 Å². The number of ether oxygens (including phenoxy) is 1. The lowest BCUT2D eigenvalue weighted by Gasteiger charge is -2.35. The maximum Gasteiger partial charge on any atom is 0.122 e. The lowest BCUT2D eigenvalue weighted by Crippen LogP contribution is -2.41. The molecule has 1 aromatic rings. The minimum Gasteiger partial charge on any atom is -0.493 e. The maximum absolute atomic E-state index is 5.76. The highest BCUT2D eigenvalue weighted by Crippen LogP contribution is 2.41.